The molecule has 0 fully saturated rings. The van der Waals surface area contributed by atoms with Gasteiger partial charge in [0.05, 0.1) is 16.8 Å². The summed E-state index contributed by atoms with van der Waals surface area (Å²) in [4.78, 5) is 21.5. The van der Waals surface area contributed by atoms with Crippen LogP contribution < -0.4 is 10.6 Å². The Balaban J connectivity index is 1.95. The minimum atomic E-state index is -0.426. The molecule has 8 nitrogen and oxygen atoms in total. The number of carbonyl (C=O) groups is 1. The van der Waals surface area contributed by atoms with Crippen LogP contribution in [0, 0.1) is 10.1 Å². The summed E-state index contributed by atoms with van der Waals surface area (Å²) < 4.78 is 1.51. The number of likely N-dealkylation sites (N-methyl/N-ethyl adjacent to an activating group) is 1. The Hall–Kier alpha value is -2.90. The maximum absolute atomic E-state index is 11.2. The van der Waals surface area contributed by atoms with Gasteiger partial charge >= 0.3 is 0 Å². The van der Waals surface area contributed by atoms with E-state index < -0.39 is 4.92 Å². The van der Waals surface area contributed by atoms with Crippen molar-refractivity contribution >= 4 is 17.3 Å². The van der Waals surface area contributed by atoms with Crippen molar-refractivity contribution in [1.82, 2.24) is 15.1 Å². The number of nitrogens with zero attached hydrogens (tertiary/aromatic N) is 3. The number of anilines is 1. The smallest absolute Gasteiger partial charge is 0.269 e. The maximum atomic E-state index is 11.2. The van der Waals surface area contributed by atoms with Crippen molar-refractivity contribution in [2.24, 2.45) is 0 Å². The van der Waals surface area contributed by atoms with Crippen LogP contribution >= 0.6 is 0 Å². The highest BCUT2D eigenvalue weighted by Gasteiger charge is 2.06. The largest absolute Gasteiger partial charge is 0.378 e. The van der Waals surface area contributed by atoms with Gasteiger partial charge in [-0.15, -0.1) is 0 Å². The highest BCUT2D eigenvalue weighted by Crippen LogP contribution is 2.14. The van der Waals surface area contributed by atoms with E-state index in [2.05, 4.69) is 15.7 Å². The van der Waals surface area contributed by atoms with E-state index in [4.69, 9.17) is 0 Å². The summed E-state index contributed by atoms with van der Waals surface area (Å²) >= 11 is 0. The van der Waals surface area contributed by atoms with Crippen LogP contribution in [0.25, 0.3) is 0 Å². The molecule has 2 aromatic rings. The molecule has 0 bridgehead atoms. The normalized spacial score (nSPS) is 10.1. The van der Waals surface area contributed by atoms with Gasteiger partial charge in [-0.1, -0.05) is 12.1 Å². The highest BCUT2D eigenvalue weighted by molar-refractivity contribution is 5.75. The number of nitro benzene ring substituents is 1. The molecule has 0 saturated carbocycles. The molecule has 21 heavy (non-hydrogen) atoms. The standard InChI is InChI=1S/C13H15N5O3/c1-14-13(19)9-17-8-11(7-16-17)15-6-10-3-2-4-12(5-10)18(20)21/h2-5,7-8,15H,6,9H2,1H3,(H,14,19). The molecular weight excluding hydrogens is 274 g/mol. The lowest BCUT2D eigenvalue weighted by molar-refractivity contribution is -0.384. The van der Waals surface area contributed by atoms with Gasteiger partial charge in [0.1, 0.15) is 6.54 Å². The van der Waals surface area contributed by atoms with E-state index in [-0.39, 0.29) is 18.1 Å². The summed E-state index contributed by atoms with van der Waals surface area (Å²) in [5, 5.41) is 20.4. The third-order valence-corrected chi connectivity index (χ3v) is 2.84. The monoisotopic (exact) mass is 289 g/mol. The van der Waals surface area contributed by atoms with Crippen LogP contribution in [0.1, 0.15) is 5.56 Å². The van der Waals surface area contributed by atoms with Crippen molar-refractivity contribution in [3.63, 3.8) is 0 Å². The Morgan fingerprint density at radius 1 is 1.48 bits per heavy atom. The predicted octanol–water partition coefficient (Wildman–Crippen LogP) is 1.15. The summed E-state index contributed by atoms with van der Waals surface area (Å²) in [5.41, 5.74) is 1.60. The third kappa shape index (κ3) is 4.03. The van der Waals surface area contributed by atoms with E-state index >= 15 is 0 Å². The van der Waals surface area contributed by atoms with E-state index in [0.29, 0.717) is 6.54 Å². The molecular formula is C13H15N5O3. The van der Waals surface area contributed by atoms with Crippen molar-refractivity contribution in [2.75, 3.05) is 12.4 Å². The van der Waals surface area contributed by atoms with Crippen LogP contribution in [0.3, 0.4) is 0 Å². The number of carbonyl (C=O) groups excluding carboxylic acids is 1. The van der Waals surface area contributed by atoms with Crippen molar-refractivity contribution in [3.8, 4) is 0 Å². The van der Waals surface area contributed by atoms with Crippen molar-refractivity contribution in [1.29, 1.82) is 0 Å². The molecule has 0 atom stereocenters. The Labute approximate surface area is 120 Å². The fourth-order valence-corrected chi connectivity index (χ4v) is 1.75. The highest BCUT2D eigenvalue weighted by atomic mass is 16.6. The molecule has 0 spiro atoms. The van der Waals surface area contributed by atoms with E-state index in [1.807, 2.05) is 0 Å². The van der Waals surface area contributed by atoms with Gasteiger partial charge in [0.25, 0.3) is 5.69 Å². The zero-order valence-corrected chi connectivity index (χ0v) is 11.4. The second-order valence-electron chi connectivity index (χ2n) is 4.38. The van der Waals surface area contributed by atoms with Gasteiger partial charge in [-0.3, -0.25) is 19.6 Å². The SMILES string of the molecule is CNC(=O)Cn1cc(NCc2cccc([N+](=O)[O-])c2)cn1. The summed E-state index contributed by atoms with van der Waals surface area (Å²) in [7, 11) is 1.56. The predicted molar refractivity (Wildman–Crippen MR) is 76.7 cm³/mol. The number of hydrogen-bond acceptors (Lipinski definition) is 5. The summed E-state index contributed by atoms with van der Waals surface area (Å²) in [5.74, 6) is -0.136. The Morgan fingerprint density at radius 3 is 3.00 bits per heavy atom. The first kappa shape index (κ1) is 14.5. The van der Waals surface area contributed by atoms with E-state index in [1.54, 1.807) is 31.6 Å². The number of hydrogen-bond donors (Lipinski definition) is 2. The average molecular weight is 289 g/mol. The lowest BCUT2D eigenvalue weighted by Crippen LogP contribution is -2.23. The quantitative estimate of drug-likeness (QED) is 0.613. The second kappa shape index (κ2) is 6.51. The van der Waals surface area contributed by atoms with Gasteiger partial charge < -0.3 is 10.6 Å². The molecule has 2 rings (SSSR count). The van der Waals surface area contributed by atoms with E-state index in [1.165, 1.54) is 16.8 Å². The summed E-state index contributed by atoms with van der Waals surface area (Å²) in [6, 6.07) is 6.41. The number of amides is 1. The molecule has 0 unspecified atom stereocenters. The minimum Gasteiger partial charge on any atom is -0.378 e. The molecule has 2 N–H and O–H groups in total. The van der Waals surface area contributed by atoms with Gasteiger partial charge in [0, 0.05) is 31.9 Å². The van der Waals surface area contributed by atoms with Gasteiger partial charge in [0.15, 0.2) is 0 Å². The number of non-ortho nitro benzene ring substituents is 1. The summed E-state index contributed by atoms with van der Waals surface area (Å²) in [6.07, 6.45) is 3.30. The lowest BCUT2D eigenvalue weighted by Gasteiger charge is -2.03. The van der Waals surface area contributed by atoms with Gasteiger partial charge in [0.2, 0.25) is 5.91 Å². The molecule has 0 saturated heterocycles. The van der Waals surface area contributed by atoms with Crippen molar-refractivity contribution in [3.05, 3.63) is 52.3 Å². The average Bonchev–Trinajstić information content (AvgIpc) is 2.92. The number of rotatable bonds is 6. The Morgan fingerprint density at radius 2 is 2.29 bits per heavy atom. The number of aromatic nitrogens is 2. The second-order valence-corrected chi connectivity index (χ2v) is 4.38. The molecule has 0 aliphatic heterocycles. The third-order valence-electron chi connectivity index (χ3n) is 2.84. The molecule has 0 aliphatic rings. The topological polar surface area (TPSA) is 102 Å². The van der Waals surface area contributed by atoms with E-state index in [9.17, 15) is 14.9 Å². The molecule has 1 amide bonds. The molecule has 0 radical (unpaired) electrons. The zero-order valence-electron chi connectivity index (χ0n) is 11.4. The van der Waals surface area contributed by atoms with Crippen molar-refractivity contribution in [2.45, 2.75) is 13.1 Å². The van der Waals surface area contributed by atoms with Crippen molar-refractivity contribution < 1.29 is 9.72 Å². The van der Waals surface area contributed by atoms with Crippen LogP contribution in [0.4, 0.5) is 11.4 Å². The van der Waals surface area contributed by atoms with Gasteiger partial charge in [-0.2, -0.15) is 5.10 Å². The molecule has 0 aliphatic carbocycles. The maximum Gasteiger partial charge on any atom is 0.269 e. The molecule has 110 valence electrons. The van der Waals surface area contributed by atoms with Gasteiger partial charge in [-0.05, 0) is 5.56 Å². The summed E-state index contributed by atoms with van der Waals surface area (Å²) in [6.45, 7) is 0.586. The lowest BCUT2D eigenvalue weighted by atomic mass is 10.2. The molecule has 1 heterocycles. The van der Waals surface area contributed by atoms with E-state index in [0.717, 1.165) is 11.3 Å². The van der Waals surface area contributed by atoms with Crippen LogP contribution in [0.2, 0.25) is 0 Å². The zero-order chi connectivity index (χ0) is 15.2. The number of benzene rings is 1. The molecule has 1 aromatic carbocycles. The minimum absolute atomic E-state index is 0.0598. The first-order valence-corrected chi connectivity index (χ1v) is 6.28. The fraction of sp³-hybridized carbons (Fsp3) is 0.231. The Bertz CT molecular complexity index is 653. The van der Waals surface area contributed by atoms with Crippen LogP contribution in [-0.4, -0.2) is 27.7 Å². The molecule has 8 heteroatoms. The fourth-order valence-electron chi connectivity index (χ4n) is 1.75. The first-order chi connectivity index (χ1) is 10.1. The number of nitrogens with one attached hydrogen (secondary N) is 2. The van der Waals surface area contributed by atoms with Crippen LogP contribution in [0.5, 0.6) is 0 Å². The first-order valence-electron chi connectivity index (χ1n) is 6.28. The molecule has 1 aromatic heterocycles. The van der Waals surface area contributed by atoms with Crippen LogP contribution in [0.15, 0.2) is 36.7 Å². The van der Waals surface area contributed by atoms with Crippen LogP contribution in [-0.2, 0) is 17.9 Å². The van der Waals surface area contributed by atoms with Gasteiger partial charge in [-0.25, -0.2) is 0 Å². The number of nitro groups is 1. The Kier molecular flexibility index (Phi) is 4.50.